The van der Waals surface area contributed by atoms with E-state index < -0.39 is 0 Å². The zero-order chi connectivity index (χ0) is 34.9. The summed E-state index contributed by atoms with van der Waals surface area (Å²) >= 11 is 0. The molecule has 0 heterocycles. The monoisotopic (exact) mass is 677 g/mol. The van der Waals surface area contributed by atoms with Crippen molar-refractivity contribution in [2.45, 2.75) is 200 Å². The van der Waals surface area contributed by atoms with Crippen molar-refractivity contribution in [2.24, 2.45) is 5.73 Å². The van der Waals surface area contributed by atoms with Crippen LogP contribution >= 0.6 is 0 Å². The summed E-state index contributed by atoms with van der Waals surface area (Å²) in [4.78, 5) is 14.4. The van der Waals surface area contributed by atoms with Gasteiger partial charge in [-0.1, -0.05) is 154 Å². The summed E-state index contributed by atoms with van der Waals surface area (Å²) in [6.45, 7) is 8.96. The van der Waals surface area contributed by atoms with Crippen LogP contribution in [-0.4, -0.2) is 56.9 Å². The third-order valence-electron chi connectivity index (χ3n) is 9.32. The maximum Gasteiger partial charge on any atom is 0.223 e. The molecular weight excluding hydrogens is 592 g/mol. The maximum absolute atomic E-state index is 12.5. The van der Waals surface area contributed by atoms with Crippen LogP contribution in [0.5, 0.6) is 0 Å². The number of ether oxygens (including phenoxy) is 2. The zero-order valence-electron chi connectivity index (χ0n) is 32.5. The standard InChI is InChI=1S/C43H84N2O3/c1-3-5-7-9-11-13-15-17-19-21-23-25-27-29-31-33-39-47-41-37-45(43(46)35-36-44)38-42-48-40-34-32-30-28-26-24-22-20-18-16-14-12-10-8-6-4-2/h17-20H,3-16,21-42,44H2,1-2H3/b19-17-,20-18-. The van der Waals surface area contributed by atoms with Gasteiger partial charge in [0.1, 0.15) is 0 Å². The van der Waals surface area contributed by atoms with E-state index in [1.54, 1.807) is 0 Å². The van der Waals surface area contributed by atoms with Crippen LogP contribution < -0.4 is 5.73 Å². The topological polar surface area (TPSA) is 64.8 Å². The van der Waals surface area contributed by atoms with Crippen molar-refractivity contribution in [3.8, 4) is 0 Å². The molecule has 2 N–H and O–H groups in total. The average Bonchev–Trinajstić information content (AvgIpc) is 3.09. The summed E-state index contributed by atoms with van der Waals surface area (Å²) in [5.41, 5.74) is 5.66. The fourth-order valence-corrected chi connectivity index (χ4v) is 6.10. The SMILES string of the molecule is CCCCCCCC/C=C\CCCCCCCCOCCN(CCOCCCCCCCC/C=C\CCCCCCCC)C(=O)CCN. The summed E-state index contributed by atoms with van der Waals surface area (Å²) in [5, 5.41) is 0. The summed E-state index contributed by atoms with van der Waals surface area (Å²) in [6, 6.07) is 0. The Kier molecular flexibility index (Phi) is 41.0. The van der Waals surface area contributed by atoms with Crippen molar-refractivity contribution >= 4 is 5.91 Å². The highest BCUT2D eigenvalue weighted by Crippen LogP contribution is 2.12. The van der Waals surface area contributed by atoms with Crippen molar-refractivity contribution in [1.29, 1.82) is 0 Å². The van der Waals surface area contributed by atoms with E-state index in [1.165, 1.54) is 167 Å². The van der Waals surface area contributed by atoms with Crippen molar-refractivity contribution in [3.05, 3.63) is 24.3 Å². The molecule has 0 saturated carbocycles. The van der Waals surface area contributed by atoms with Crippen molar-refractivity contribution in [1.82, 2.24) is 4.90 Å². The van der Waals surface area contributed by atoms with Gasteiger partial charge in [0, 0.05) is 39.3 Å². The van der Waals surface area contributed by atoms with Gasteiger partial charge in [0.25, 0.3) is 0 Å². The molecule has 0 aromatic heterocycles. The van der Waals surface area contributed by atoms with Crippen LogP contribution in [0.1, 0.15) is 200 Å². The van der Waals surface area contributed by atoms with Gasteiger partial charge < -0.3 is 20.1 Å². The fourth-order valence-electron chi connectivity index (χ4n) is 6.10. The van der Waals surface area contributed by atoms with Gasteiger partial charge in [-0.05, 0) is 64.2 Å². The molecule has 0 radical (unpaired) electrons. The van der Waals surface area contributed by atoms with Gasteiger partial charge in [0.05, 0.1) is 13.2 Å². The fraction of sp³-hybridized carbons (Fsp3) is 0.884. The minimum atomic E-state index is 0.110. The lowest BCUT2D eigenvalue weighted by Gasteiger charge is -2.22. The normalized spacial score (nSPS) is 11.8. The van der Waals surface area contributed by atoms with E-state index in [4.69, 9.17) is 15.2 Å². The number of carbonyl (C=O) groups excluding carboxylic acids is 1. The van der Waals surface area contributed by atoms with Crippen LogP contribution in [0.15, 0.2) is 24.3 Å². The number of rotatable bonds is 40. The van der Waals surface area contributed by atoms with Crippen LogP contribution in [0.25, 0.3) is 0 Å². The molecule has 284 valence electrons. The Bertz CT molecular complexity index is 633. The maximum atomic E-state index is 12.5. The molecule has 0 saturated heterocycles. The summed E-state index contributed by atoms with van der Waals surface area (Å²) in [5.74, 6) is 0.110. The summed E-state index contributed by atoms with van der Waals surface area (Å²) in [6.07, 6.45) is 46.8. The number of allylic oxidation sites excluding steroid dienone is 4. The first kappa shape index (κ1) is 46.8. The minimum absolute atomic E-state index is 0.110. The average molecular weight is 677 g/mol. The molecule has 48 heavy (non-hydrogen) atoms. The molecule has 0 aliphatic heterocycles. The predicted molar refractivity (Wildman–Crippen MR) is 211 cm³/mol. The number of nitrogens with zero attached hydrogens (tertiary/aromatic N) is 1. The number of nitrogens with two attached hydrogens (primary N) is 1. The first-order chi connectivity index (χ1) is 23.8. The van der Waals surface area contributed by atoms with E-state index in [1.807, 2.05) is 4.90 Å². The molecule has 1 amide bonds. The second kappa shape index (κ2) is 42.0. The van der Waals surface area contributed by atoms with Crippen LogP contribution in [0.4, 0.5) is 0 Å². The Labute approximate surface area is 300 Å². The highest BCUT2D eigenvalue weighted by atomic mass is 16.5. The van der Waals surface area contributed by atoms with E-state index in [0.29, 0.717) is 39.3 Å². The van der Waals surface area contributed by atoms with E-state index in [2.05, 4.69) is 38.2 Å². The van der Waals surface area contributed by atoms with Gasteiger partial charge in [-0.2, -0.15) is 0 Å². The number of unbranched alkanes of at least 4 members (excludes halogenated alkanes) is 24. The lowest BCUT2D eigenvalue weighted by atomic mass is 10.1. The van der Waals surface area contributed by atoms with Crippen LogP contribution in [0, 0.1) is 0 Å². The smallest absolute Gasteiger partial charge is 0.223 e. The molecule has 0 aliphatic carbocycles. The third-order valence-corrected chi connectivity index (χ3v) is 9.32. The predicted octanol–water partition coefficient (Wildman–Crippen LogP) is 12.3. The molecule has 0 bridgehead atoms. The molecule has 0 rings (SSSR count). The lowest BCUT2D eigenvalue weighted by Crippen LogP contribution is -2.37. The molecule has 5 nitrogen and oxygen atoms in total. The minimum Gasteiger partial charge on any atom is -0.380 e. The van der Waals surface area contributed by atoms with Crippen LogP contribution in [-0.2, 0) is 14.3 Å². The van der Waals surface area contributed by atoms with Gasteiger partial charge in [0.2, 0.25) is 5.91 Å². The largest absolute Gasteiger partial charge is 0.380 e. The van der Waals surface area contributed by atoms with E-state index in [9.17, 15) is 4.79 Å². The molecule has 5 heteroatoms. The zero-order valence-corrected chi connectivity index (χ0v) is 32.5. The number of hydrogen-bond donors (Lipinski definition) is 1. The highest BCUT2D eigenvalue weighted by Gasteiger charge is 2.12. The van der Waals surface area contributed by atoms with Gasteiger partial charge in [-0.15, -0.1) is 0 Å². The molecule has 0 aromatic carbocycles. The molecule has 0 aliphatic rings. The second-order valence-electron chi connectivity index (χ2n) is 14.0. The van der Waals surface area contributed by atoms with Gasteiger partial charge >= 0.3 is 0 Å². The third kappa shape index (κ3) is 37.6. The first-order valence-corrected chi connectivity index (χ1v) is 21.2. The molecule has 0 spiro atoms. The molecular formula is C43H84N2O3. The highest BCUT2D eigenvalue weighted by molar-refractivity contribution is 5.76. The van der Waals surface area contributed by atoms with Crippen molar-refractivity contribution in [3.63, 3.8) is 0 Å². The Balaban J connectivity index is 3.60. The number of amides is 1. The van der Waals surface area contributed by atoms with Gasteiger partial charge in [-0.25, -0.2) is 0 Å². The van der Waals surface area contributed by atoms with Gasteiger partial charge in [-0.3, -0.25) is 4.79 Å². The van der Waals surface area contributed by atoms with Gasteiger partial charge in [0.15, 0.2) is 0 Å². The summed E-state index contributed by atoms with van der Waals surface area (Å²) < 4.78 is 11.8. The van der Waals surface area contributed by atoms with E-state index >= 15 is 0 Å². The van der Waals surface area contributed by atoms with E-state index in [-0.39, 0.29) is 5.91 Å². The van der Waals surface area contributed by atoms with Crippen molar-refractivity contribution in [2.75, 3.05) is 46.1 Å². The quantitative estimate of drug-likeness (QED) is 0.0518. The molecule has 0 unspecified atom stereocenters. The number of carbonyl (C=O) groups is 1. The number of hydrogen-bond acceptors (Lipinski definition) is 4. The van der Waals surface area contributed by atoms with Crippen molar-refractivity contribution < 1.29 is 14.3 Å². The Hall–Kier alpha value is -1.17. The van der Waals surface area contributed by atoms with Crippen LogP contribution in [0.2, 0.25) is 0 Å². The Morgan fingerprint density at radius 3 is 1.10 bits per heavy atom. The molecule has 0 aromatic rings. The Morgan fingerprint density at radius 2 is 0.771 bits per heavy atom. The second-order valence-corrected chi connectivity index (χ2v) is 14.0. The first-order valence-electron chi connectivity index (χ1n) is 21.2. The molecule has 0 fully saturated rings. The summed E-state index contributed by atoms with van der Waals surface area (Å²) in [7, 11) is 0. The lowest BCUT2D eigenvalue weighted by molar-refractivity contribution is -0.132. The van der Waals surface area contributed by atoms with E-state index in [0.717, 1.165) is 26.1 Å². The Morgan fingerprint density at radius 1 is 0.458 bits per heavy atom. The van der Waals surface area contributed by atoms with Crippen LogP contribution in [0.3, 0.4) is 0 Å². The molecule has 0 atom stereocenters.